The minimum absolute atomic E-state index is 0.198. The number of thioether (sulfide) groups is 1. The first kappa shape index (κ1) is 21.9. The fourth-order valence-electron chi connectivity index (χ4n) is 3.98. The molecular formula is C26H23N5O2S. The number of hydrogen-bond donors (Lipinski definition) is 2. The summed E-state index contributed by atoms with van der Waals surface area (Å²) < 4.78 is 1.29. The number of imidazole rings is 1. The highest BCUT2D eigenvalue weighted by Gasteiger charge is 2.23. The molecule has 170 valence electrons. The van der Waals surface area contributed by atoms with E-state index < -0.39 is 0 Å². The number of para-hydroxylation sites is 3. The first-order valence-corrected chi connectivity index (χ1v) is 12.4. The number of amides is 1. The lowest BCUT2D eigenvalue weighted by molar-refractivity contribution is 0.0929. The first-order chi connectivity index (χ1) is 16.7. The van der Waals surface area contributed by atoms with E-state index in [1.165, 1.54) is 4.68 Å². The predicted molar refractivity (Wildman–Crippen MR) is 137 cm³/mol. The Morgan fingerprint density at radius 1 is 1.00 bits per heavy atom. The molecule has 0 radical (unpaired) electrons. The fraction of sp³-hybridized carbons (Fsp3) is 0.154. The van der Waals surface area contributed by atoms with Crippen molar-refractivity contribution in [3.05, 3.63) is 101 Å². The molecule has 7 nitrogen and oxygen atoms in total. The van der Waals surface area contributed by atoms with Gasteiger partial charge in [-0.05, 0) is 48.8 Å². The van der Waals surface area contributed by atoms with Crippen LogP contribution in [0.15, 0.2) is 83.7 Å². The van der Waals surface area contributed by atoms with Crippen molar-refractivity contribution >= 4 is 39.5 Å². The van der Waals surface area contributed by atoms with E-state index in [-0.39, 0.29) is 23.2 Å². The van der Waals surface area contributed by atoms with Crippen LogP contribution in [-0.2, 0) is 0 Å². The Labute approximate surface area is 200 Å². The summed E-state index contributed by atoms with van der Waals surface area (Å²) in [5, 5.41) is 8.57. The maximum absolute atomic E-state index is 13.6. The monoisotopic (exact) mass is 469 g/mol. The summed E-state index contributed by atoms with van der Waals surface area (Å²) in [5.41, 5.74) is 2.30. The van der Waals surface area contributed by atoms with Gasteiger partial charge in [0.2, 0.25) is 0 Å². The van der Waals surface area contributed by atoms with Gasteiger partial charge in [0.05, 0.1) is 28.1 Å². The van der Waals surface area contributed by atoms with E-state index in [4.69, 9.17) is 4.98 Å². The van der Waals surface area contributed by atoms with Gasteiger partial charge >= 0.3 is 0 Å². The number of H-pyrrole nitrogens is 1. The van der Waals surface area contributed by atoms with Crippen molar-refractivity contribution in [3.63, 3.8) is 0 Å². The van der Waals surface area contributed by atoms with Crippen LogP contribution in [0.5, 0.6) is 0 Å². The zero-order chi connectivity index (χ0) is 23.5. The van der Waals surface area contributed by atoms with E-state index in [1.807, 2.05) is 48.7 Å². The number of nitrogens with one attached hydrogen (secondary N) is 2. The van der Waals surface area contributed by atoms with Gasteiger partial charge in [0, 0.05) is 5.39 Å². The number of fused-ring (bicyclic) bond motifs is 2. The number of benzene rings is 3. The van der Waals surface area contributed by atoms with E-state index in [1.54, 1.807) is 48.2 Å². The molecule has 0 saturated heterocycles. The molecule has 2 aromatic heterocycles. The SMILES string of the molecule is CSCC[C@@H](NC(=O)c1nn(-c2ccccc2)c(=O)c2ccccc12)c1nc2ccccc2[nH]1. The van der Waals surface area contributed by atoms with Crippen LogP contribution in [0.3, 0.4) is 0 Å². The zero-order valence-corrected chi connectivity index (χ0v) is 19.4. The third-order valence-corrected chi connectivity index (χ3v) is 6.32. The molecule has 0 fully saturated rings. The molecule has 8 heteroatoms. The molecular weight excluding hydrogens is 446 g/mol. The topological polar surface area (TPSA) is 92.7 Å². The maximum Gasteiger partial charge on any atom is 0.279 e. The molecule has 1 atom stereocenters. The number of aromatic amines is 1. The summed E-state index contributed by atoms with van der Waals surface area (Å²) in [5.74, 6) is 1.19. The predicted octanol–water partition coefficient (Wildman–Crippen LogP) is 4.49. The number of hydrogen-bond acceptors (Lipinski definition) is 5. The van der Waals surface area contributed by atoms with Gasteiger partial charge in [-0.3, -0.25) is 9.59 Å². The van der Waals surface area contributed by atoms with Crippen molar-refractivity contribution in [1.82, 2.24) is 25.1 Å². The quantitative estimate of drug-likeness (QED) is 0.366. The molecule has 0 aliphatic carbocycles. The van der Waals surface area contributed by atoms with E-state index >= 15 is 0 Å². The van der Waals surface area contributed by atoms with Crippen molar-refractivity contribution in [3.8, 4) is 5.69 Å². The Balaban J connectivity index is 1.57. The van der Waals surface area contributed by atoms with Crippen LogP contribution >= 0.6 is 11.8 Å². The minimum atomic E-state index is -0.354. The molecule has 0 spiro atoms. The number of nitrogens with zero attached hydrogens (tertiary/aromatic N) is 3. The molecule has 34 heavy (non-hydrogen) atoms. The van der Waals surface area contributed by atoms with Crippen molar-refractivity contribution in [2.75, 3.05) is 12.0 Å². The molecule has 2 N–H and O–H groups in total. The Bertz CT molecular complexity index is 1490. The van der Waals surface area contributed by atoms with Gasteiger partial charge in [0.15, 0.2) is 5.69 Å². The summed E-state index contributed by atoms with van der Waals surface area (Å²) in [4.78, 5) is 34.8. The molecule has 5 aromatic rings. The Morgan fingerprint density at radius 2 is 1.71 bits per heavy atom. The molecule has 0 unspecified atom stereocenters. The lowest BCUT2D eigenvalue weighted by Gasteiger charge is -2.17. The van der Waals surface area contributed by atoms with Crippen LogP contribution in [0.4, 0.5) is 0 Å². The number of rotatable bonds is 7. The van der Waals surface area contributed by atoms with Crippen LogP contribution in [0.1, 0.15) is 28.8 Å². The molecule has 0 aliphatic rings. The molecule has 3 aromatic carbocycles. The zero-order valence-electron chi connectivity index (χ0n) is 18.6. The van der Waals surface area contributed by atoms with Crippen molar-refractivity contribution in [2.45, 2.75) is 12.5 Å². The number of aromatic nitrogens is 4. The van der Waals surface area contributed by atoms with E-state index in [0.717, 1.165) is 16.8 Å². The van der Waals surface area contributed by atoms with Gasteiger partial charge in [0.1, 0.15) is 5.82 Å². The largest absolute Gasteiger partial charge is 0.341 e. The Kier molecular flexibility index (Phi) is 6.14. The molecule has 0 saturated carbocycles. The van der Waals surface area contributed by atoms with Crippen molar-refractivity contribution < 1.29 is 4.79 Å². The van der Waals surface area contributed by atoms with E-state index in [9.17, 15) is 9.59 Å². The highest BCUT2D eigenvalue weighted by Crippen LogP contribution is 2.22. The van der Waals surface area contributed by atoms with Crippen LogP contribution in [0.2, 0.25) is 0 Å². The average Bonchev–Trinajstić information content (AvgIpc) is 3.31. The number of carbonyl (C=O) groups is 1. The summed E-state index contributed by atoms with van der Waals surface area (Å²) in [7, 11) is 0. The number of carbonyl (C=O) groups excluding carboxylic acids is 1. The molecule has 2 heterocycles. The lowest BCUT2D eigenvalue weighted by atomic mass is 10.1. The lowest BCUT2D eigenvalue weighted by Crippen LogP contribution is -2.33. The molecule has 0 bridgehead atoms. The molecule has 0 aliphatic heterocycles. The molecule has 5 rings (SSSR count). The van der Waals surface area contributed by atoms with E-state index in [0.29, 0.717) is 28.7 Å². The standard InChI is InChI=1S/C26H23N5O2S/c1-34-16-15-22(24-27-20-13-7-8-14-21(20)28-24)29-25(32)23-18-11-5-6-12-19(18)26(33)31(30-23)17-9-3-2-4-10-17/h2-14,22H,15-16H2,1H3,(H,27,28)(H,29,32)/t22-/m1/s1. The normalized spacial score (nSPS) is 12.1. The van der Waals surface area contributed by atoms with Gasteiger partial charge in [-0.1, -0.05) is 48.5 Å². The van der Waals surface area contributed by atoms with Gasteiger partial charge in [-0.2, -0.15) is 21.5 Å². The summed E-state index contributed by atoms with van der Waals surface area (Å²) >= 11 is 1.70. The van der Waals surface area contributed by atoms with Crippen LogP contribution in [0, 0.1) is 0 Å². The van der Waals surface area contributed by atoms with Crippen LogP contribution in [-0.4, -0.2) is 37.7 Å². The Hall–Kier alpha value is -3.91. The summed E-state index contributed by atoms with van der Waals surface area (Å²) in [6.07, 6.45) is 2.73. The smallest absolute Gasteiger partial charge is 0.279 e. The van der Waals surface area contributed by atoms with Crippen LogP contribution < -0.4 is 10.9 Å². The van der Waals surface area contributed by atoms with Gasteiger partial charge in [-0.15, -0.1) is 0 Å². The second-order valence-electron chi connectivity index (χ2n) is 7.89. The summed E-state index contributed by atoms with van der Waals surface area (Å²) in [6.45, 7) is 0. The molecule has 1 amide bonds. The van der Waals surface area contributed by atoms with Crippen molar-refractivity contribution in [2.24, 2.45) is 0 Å². The first-order valence-electron chi connectivity index (χ1n) is 11.0. The third kappa shape index (κ3) is 4.20. The second-order valence-corrected chi connectivity index (χ2v) is 8.88. The van der Waals surface area contributed by atoms with Crippen molar-refractivity contribution in [1.29, 1.82) is 0 Å². The summed E-state index contributed by atoms with van der Waals surface area (Å²) in [6, 6.07) is 23.6. The van der Waals surface area contributed by atoms with Gasteiger partial charge in [0.25, 0.3) is 11.5 Å². The highest BCUT2D eigenvalue weighted by atomic mass is 32.2. The van der Waals surface area contributed by atoms with Gasteiger partial charge in [-0.25, -0.2) is 4.98 Å². The third-order valence-electron chi connectivity index (χ3n) is 5.67. The average molecular weight is 470 g/mol. The Morgan fingerprint density at radius 3 is 2.47 bits per heavy atom. The van der Waals surface area contributed by atoms with Crippen LogP contribution in [0.25, 0.3) is 27.5 Å². The highest BCUT2D eigenvalue weighted by molar-refractivity contribution is 7.98. The van der Waals surface area contributed by atoms with Gasteiger partial charge < -0.3 is 10.3 Å². The maximum atomic E-state index is 13.6. The minimum Gasteiger partial charge on any atom is -0.341 e. The fourth-order valence-corrected chi connectivity index (χ4v) is 4.45. The second kappa shape index (κ2) is 9.52. The van der Waals surface area contributed by atoms with E-state index in [2.05, 4.69) is 15.4 Å².